The van der Waals surface area contributed by atoms with Crippen LogP contribution in [0.25, 0.3) is 0 Å². The molecule has 4 heteroatoms. The number of rotatable bonds is 2. The van der Waals surface area contributed by atoms with E-state index in [1.807, 2.05) is 0 Å². The molecule has 3 rings (SSSR count). The lowest BCUT2D eigenvalue weighted by atomic mass is 9.73. The van der Waals surface area contributed by atoms with Crippen LogP contribution >= 0.6 is 15.9 Å². The Morgan fingerprint density at radius 3 is 2.33 bits per heavy atom. The largest absolute Gasteiger partial charge is 0.309 e. The fraction of sp³-hybridized carbons (Fsp3) is 0.765. The number of aromatic amines is 1. The number of hydrogen-bond acceptors (Lipinski definition) is 2. The summed E-state index contributed by atoms with van der Waals surface area (Å²) in [5.74, 6) is 1.83. The van der Waals surface area contributed by atoms with Crippen LogP contribution in [0.1, 0.15) is 88.6 Å². The fourth-order valence-electron chi connectivity index (χ4n) is 3.83. The summed E-state index contributed by atoms with van der Waals surface area (Å²) < 4.78 is 0.661. The second-order valence-corrected chi connectivity index (χ2v) is 8.36. The highest BCUT2D eigenvalue weighted by atomic mass is 79.9. The predicted octanol–water partition coefficient (Wildman–Crippen LogP) is 4.87. The lowest BCUT2D eigenvalue weighted by Crippen LogP contribution is -2.24. The van der Waals surface area contributed by atoms with Gasteiger partial charge < -0.3 is 4.98 Å². The Morgan fingerprint density at radius 2 is 1.71 bits per heavy atom. The third kappa shape index (κ3) is 3.25. The smallest absolute Gasteiger partial charge is 0.265 e. The van der Waals surface area contributed by atoms with Crippen LogP contribution in [0.4, 0.5) is 0 Å². The summed E-state index contributed by atoms with van der Waals surface area (Å²) in [5, 5.41) is 0. The molecule has 2 aliphatic carbocycles. The van der Waals surface area contributed by atoms with Crippen molar-refractivity contribution in [1.82, 2.24) is 9.97 Å². The molecule has 2 fully saturated rings. The van der Waals surface area contributed by atoms with Gasteiger partial charge in [0.05, 0.1) is 5.69 Å². The summed E-state index contributed by atoms with van der Waals surface area (Å²) in [7, 11) is 0. The quantitative estimate of drug-likeness (QED) is 0.824. The van der Waals surface area contributed by atoms with E-state index in [-0.39, 0.29) is 5.56 Å². The van der Waals surface area contributed by atoms with Crippen LogP contribution in [-0.4, -0.2) is 9.97 Å². The van der Waals surface area contributed by atoms with Crippen molar-refractivity contribution in [3.05, 3.63) is 26.3 Å². The first-order valence-electron chi connectivity index (χ1n) is 8.26. The number of H-pyrrole nitrogens is 1. The molecule has 0 aromatic carbocycles. The lowest BCUT2D eigenvalue weighted by Gasteiger charge is -2.34. The zero-order valence-corrected chi connectivity index (χ0v) is 14.6. The standard InChI is InChI=1S/C17H25BrN2O/c1-17(2)9-7-12(8-10-17)15-19-14(11-5-3-4-6-11)13(18)16(21)20-15/h11-12H,3-10H2,1-2H3,(H,19,20,21). The van der Waals surface area contributed by atoms with Gasteiger partial charge in [-0.05, 0) is 59.9 Å². The van der Waals surface area contributed by atoms with E-state index in [2.05, 4.69) is 34.8 Å². The van der Waals surface area contributed by atoms with Crippen molar-refractivity contribution in [3.8, 4) is 0 Å². The number of aromatic nitrogens is 2. The predicted molar refractivity (Wildman–Crippen MR) is 88.8 cm³/mol. The Kier molecular flexibility index (Phi) is 4.26. The normalized spacial score (nSPS) is 23.6. The van der Waals surface area contributed by atoms with Crippen molar-refractivity contribution >= 4 is 15.9 Å². The molecule has 3 nitrogen and oxygen atoms in total. The van der Waals surface area contributed by atoms with E-state index in [9.17, 15) is 4.79 Å². The van der Waals surface area contributed by atoms with Gasteiger partial charge in [-0.25, -0.2) is 4.98 Å². The Balaban J connectivity index is 1.88. The van der Waals surface area contributed by atoms with Gasteiger partial charge in [-0.15, -0.1) is 0 Å². The average Bonchev–Trinajstić information content (AvgIpc) is 2.95. The van der Waals surface area contributed by atoms with Gasteiger partial charge in [0.25, 0.3) is 5.56 Å². The van der Waals surface area contributed by atoms with Crippen molar-refractivity contribution in [2.75, 3.05) is 0 Å². The van der Waals surface area contributed by atoms with Gasteiger partial charge in [-0.3, -0.25) is 4.79 Å². The molecule has 0 spiro atoms. The summed E-state index contributed by atoms with van der Waals surface area (Å²) >= 11 is 3.46. The molecule has 0 radical (unpaired) electrons. The van der Waals surface area contributed by atoms with Gasteiger partial charge in [-0.1, -0.05) is 26.7 Å². The fourth-order valence-corrected chi connectivity index (χ4v) is 4.34. The Bertz CT molecular complexity index is 563. The number of nitrogens with one attached hydrogen (secondary N) is 1. The minimum absolute atomic E-state index is 0.00623. The van der Waals surface area contributed by atoms with Crippen LogP contribution in [0.5, 0.6) is 0 Å². The van der Waals surface area contributed by atoms with Gasteiger partial charge in [0.1, 0.15) is 10.3 Å². The monoisotopic (exact) mass is 352 g/mol. The van der Waals surface area contributed by atoms with E-state index >= 15 is 0 Å². The second-order valence-electron chi connectivity index (χ2n) is 7.57. The Labute approximate surface area is 135 Å². The summed E-state index contributed by atoms with van der Waals surface area (Å²) in [6, 6.07) is 0. The highest BCUT2D eigenvalue weighted by molar-refractivity contribution is 9.10. The van der Waals surface area contributed by atoms with Crippen molar-refractivity contribution in [2.24, 2.45) is 5.41 Å². The zero-order valence-electron chi connectivity index (χ0n) is 13.0. The van der Waals surface area contributed by atoms with E-state index in [0.29, 0.717) is 21.7 Å². The maximum Gasteiger partial charge on any atom is 0.265 e. The zero-order chi connectivity index (χ0) is 15.0. The molecule has 1 aromatic rings. The van der Waals surface area contributed by atoms with Gasteiger partial charge in [-0.2, -0.15) is 0 Å². The summed E-state index contributed by atoms with van der Waals surface area (Å²) in [4.78, 5) is 20.2. The van der Waals surface area contributed by atoms with Crippen molar-refractivity contribution in [3.63, 3.8) is 0 Å². The maximum absolute atomic E-state index is 12.2. The molecule has 0 aliphatic heterocycles. The first kappa shape index (κ1) is 15.3. The molecule has 2 aliphatic rings. The molecular weight excluding hydrogens is 328 g/mol. The van der Waals surface area contributed by atoms with Crippen LogP contribution in [-0.2, 0) is 0 Å². The van der Waals surface area contributed by atoms with Crippen LogP contribution in [0, 0.1) is 5.41 Å². The minimum Gasteiger partial charge on any atom is -0.309 e. The lowest BCUT2D eigenvalue weighted by molar-refractivity contribution is 0.220. The molecule has 0 unspecified atom stereocenters. The molecule has 116 valence electrons. The van der Waals surface area contributed by atoms with E-state index in [0.717, 1.165) is 24.4 Å². The highest BCUT2D eigenvalue weighted by Crippen LogP contribution is 2.42. The summed E-state index contributed by atoms with van der Waals surface area (Å²) in [6.07, 6.45) is 9.59. The molecule has 2 saturated carbocycles. The van der Waals surface area contributed by atoms with Crippen LogP contribution in [0.15, 0.2) is 9.27 Å². The minimum atomic E-state index is 0.00623. The van der Waals surface area contributed by atoms with Crippen molar-refractivity contribution < 1.29 is 0 Å². The van der Waals surface area contributed by atoms with Gasteiger partial charge in [0.2, 0.25) is 0 Å². The molecule has 0 amide bonds. The van der Waals surface area contributed by atoms with Crippen LogP contribution in [0.3, 0.4) is 0 Å². The first-order valence-corrected chi connectivity index (χ1v) is 9.05. The summed E-state index contributed by atoms with van der Waals surface area (Å²) in [6.45, 7) is 4.68. The molecular formula is C17H25BrN2O. The average molecular weight is 353 g/mol. The molecule has 1 heterocycles. The molecule has 1 N–H and O–H groups in total. The van der Waals surface area contributed by atoms with Gasteiger partial charge >= 0.3 is 0 Å². The van der Waals surface area contributed by atoms with Crippen LogP contribution in [0.2, 0.25) is 0 Å². The third-order valence-corrected chi connectivity index (χ3v) is 6.14. The van der Waals surface area contributed by atoms with Gasteiger partial charge in [0, 0.05) is 11.8 Å². The summed E-state index contributed by atoms with van der Waals surface area (Å²) in [5.41, 5.74) is 1.46. The Morgan fingerprint density at radius 1 is 1.10 bits per heavy atom. The van der Waals surface area contributed by atoms with Crippen LogP contribution < -0.4 is 5.56 Å². The molecule has 0 saturated heterocycles. The van der Waals surface area contributed by atoms with Crippen molar-refractivity contribution in [2.45, 2.75) is 77.0 Å². The third-order valence-electron chi connectivity index (χ3n) is 5.37. The van der Waals surface area contributed by atoms with E-state index in [1.54, 1.807) is 0 Å². The van der Waals surface area contributed by atoms with E-state index < -0.39 is 0 Å². The molecule has 1 aromatic heterocycles. The molecule has 0 atom stereocenters. The molecule has 0 bridgehead atoms. The van der Waals surface area contributed by atoms with Crippen molar-refractivity contribution in [1.29, 1.82) is 0 Å². The van der Waals surface area contributed by atoms with Gasteiger partial charge in [0.15, 0.2) is 0 Å². The first-order chi connectivity index (χ1) is 9.96. The number of nitrogens with zero attached hydrogens (tertiary/aromatic N) is 1. The number of halogens is 1. The highest BCUT2D eigenvalue weighted by Gasteiger charge is 2.30. The van der Waals surface area contributed by atoms with E-state index in [1.165, 1.54) is 38.5 Å². The molecule has 21 heavy (non-hydrogen) atoms. The SMILES string of the molecule is CC1(C)CCC(c2nc(C3CCCC3)c(Br)c(=O)[nH]2)CC1. The maximum atomic E-state index is 12.2. The second kappa shape index (κ2) is 5.86. The topological polar surface area (TPSA) is 45.8 Å². The Hall–Kier alpha value is -0.640. The number of hydrogen-bond donors (Lipinski definition) is 1. The van der Waals surface area contributed by atoms with E-state index in [4.69, 9.17) is 4.98 Å².